The van der Waals surface area contributed by atoms with E-state index < -0.39 is 0 Å². The zero-order valence-corrected chi connectivity index (χ0v) is 31.9. The first kappa shape index (κ1) is 31.5. The lowest BCUT2D eigenvalue weighted by Gasteiger charge is -2.19. The zero-order valence-electron chi connectivity index (χ0n) is 31.9. The second kappa shape index (κ2) is 10.8. The molecule has 0 atom stereocenters. The zero-order chi connectivity index (χ0) is 36.7. The lowest BCUT2D eigenvalue weighted by molar-refractivity contribution is 0.590. The molecule has 11 aromatic carbocycles. The van der Waals surface area contributed by atoms with Crippen molar-refractivity contribution in [1.29, 1.82) is 0 Å². The number of fused-ring (bicyclic) bond motifs is 11. The Balaban J connectivity index is 1.18. The SMILES string of the molecule is CC(C)(C)c1ccc(-c2ccc3c(c2)c2cc4c5cc6c7cc(-c8ccc(C(C)(C)C)cc8)ccc7c7cccc(c5ccc4c4cccc3c42)c76)cc1. The first-order valence-corrected chi connectivity index (χ1v) is 19.4. The van der Waals surface area contributed by atoms with E-state index in [0.717, 1.165) is 0 Å². The molecule has 11 aromatic rings. The van der Waals surface area contributed by atoms with Crippen LogP contribution in [0.3, 0.4) is 0 Å². The maximum atomic E-state index is 2.51. The lowest BCUT2D eigenvalue weighted by atomic mass is 9.86. The summed E-state index contributed by atoms with van der Waals surface area (Å²) in [6, 6.07) is 56.1. The topological polar surface area (TPSA) is 0 Å². The normalized spacial score (nSPS) is 13.0. The summed E-state index contributed by atoms with van der Waals surface area (Å²) in [5.74, 6) is 0. The second-order valence-corrected chi connectivity index (χ2v) is 17.7. The third kappa shape index (κ3) is 4.44. The van der Waals surface area contributed by atoms with Crippen LogP contribution < -0.4 is 0 Å². The number of hydrogen-bond acceptors (Lipinski definition) is 0. The summed E-state index contributed by atoms with van der Waals surface area (Å²) in [5.41, 5.74) is 8.04. The van der Waals surface area contributed by atoms with E-state index in [1.807, 2.05) is 0 Å². The molecule has 0 heteroatoms. The van der Waals surface area contributed by atoms with Crippen molar-refractivity contribution in [3.05, 3.63) is 157 Å². The molecule has 54 heavy (non-hydrogen) atoms. The van der Waals surface area contributed by atoms with E-state index in [0.29, 0.717) is 0 Å². The molecular weight excluding hydrogens is 649 g/mol. The minimum atomic E-state index is 0.132. The van der Waals surface area contributed by atoms with Gasteiger partial charge in [-0.3, -0.25) is 0 Å². The standard InChI is InChI=1S/C54H42/c1-53(2,3)35-19-13-31(14-20-35)33-17-23-37-41-9-7-11-43-39-25-26-40-44-12-8-10-42-38-24-18-34(32-15-21-36(22-16-32)54(4,5)6)28-46(38)50(52(42)44)30-48(40)47(39)29-49(51(41)43)45(37)27-33/h7-30H,1-6H3. The minimum absolute atomic E-state index is 0.132. The van der Waals surface area contributed by atoms with Gasteiger partial charge in [0.15, 0.2) is 0 Å². The predicted molar refractivity (Wildman–Crippen MR) is 237 cm³/mol. The van der Waals surface area contributed by atoms with Crippen molar-refractivity contribution >= 4 is 86.2 Å². The fraction of sp³-hybridized carbons (Fsp3) is 0.148. The Morgan fingerprint density at radius 1 is 0.241 bits per heavy atom. The van der Waals surface area contributed by atoms with Gasteiger partial charge >= 0.3 is 0 Å². The third-order valence-electron chi connectivity index (χ3n) is 12.5. The highest BCUT2D eigenvalue weighted by atomic mass is 14.2. The molecule has 0 aliphatic rings. The van der Waals surface area contributed by atoms with E-state index in [1.54, 1.807) is 0 Å². The van der Waals surface area contributed by atoms with Gasteiger partial charge in [-0.05, 0) is 155 Å². The number of hydrogen-bond donors (Lipinski definition) is 0. The van der Waals surface area contributed by atoms with Crippen LogP contribution in [0.1, 0.15) is 52.7 Å². The average Bonchev–Trinajstić information content (AvgIpc) is 3.67. The van der Waals surface area contributed by atoms with Crippen molar-refractivity contribution in [2.24, 2.45) is 0 Å². The molecule has 0 bridgehead atoms. The first-order valence-electron chi connectivity index (χ1n) is 19.4. The van der Waals surface area contributed by atoms with Crippen LogP contribution >= 0.6 is 0 Å². The molecule has 0 saturated carbocycles. The van der Waals surface area contributed by atoms with Gasteiger partial charge in [0.05, 0.1) is 0 Å². The van der Waals surface area contributed by atoms with Crippen molar-refractivity contribution in [2.75, 3.05) is 0 Å². The molecule has 0 amide bonds. The average molecular weight is 691 g/mol. The predicted octanol–water partition coefficient (Wildman–Crippen LogP) is 15.7. The van der Waals surface area contributed by atoms with E-state index in [-0.39, 0.29) is 10.8 Å². The van der Waals surface area contributed by atoms with Crippen molar-refractivity contribution in [3.8, 4) is 22.3 Å². The molecule has 0 aliphatic heterocycles. The van der Waals surface area contributed by atoms with E-state index in [9.17, 15) is 0 Å². The molecule has 258 valence electrons. The van der Waals surface area contributed by atoms with E-state index in [2.05, 4.69) is 187 Å². The largest absolute Gasteiger partial charge is 0.0610 e. The van der Waals surface area contributed by atoms with Crippen molar-refractivity contribution in [2.45, 2.75) is 52.4 Å². The summed E-state index contributed by atoms with van der Waals surface area (Å²) in [6.07, 6.45) is 0. The van der Waals surface area contributed by atoms with Crippen molar-refractivity contribution in [3.63, 3.8) is 0 Å². The molecule has 0 radical (unpaired) electrons. The second-order valence-electron chi connectivity index (χ2n) is 17.7. The van der Waals surface area contributed by atoms with Crippen LogP contribution in [0, 0.1) is 0 Å². The Kier molecular flexibility index (Phi) is 6.31. The van der Waals surface area contributed by atoms with Crippen LogP contribution in [0.15, 0.2) is 146 Å². The Hall–Kier alpha value is -5.98. The molecule has 0 aliphatic carbocycles. The Morgan fingerprint density at radius 2 is 0.537 bits per heavy atom. The van der Waals surface area contributed by atoms with Crippen LogP contribution in [0.4, 0.5) is 0 Å². The Labute approximate surface area is 316 Å². The highest BCUT2D eigenvalue weighted by Crippen LogP contribution is 2.48. The lowest BCUT2D eigenvalue weighted by Crippen LogP contribution is -2.10. The first-order chi connectivity index (χ1) is 26.0. The molecule has 0 saturated heterocycles. The molecule has 11 rings (SSSR count). The van der Waals surface area contributed by atoms with Crippen molar-refractivity contribution < 1.29 is 0 Å². The monoisotopic (exact) mass is 690 g/mol. The molecule has 0 fully saturated rings. The molecule has 0 unspecified atom stereocenters. The van der Waals surface area contributed by atoms with E-state index >= 15 is 0 Å². The van der Waals surface area contributed by atoms with Gasteiger partial charge in [-0.25, -0.2) is 0 Å². The van der Waals surface area contributed by atoms with Crippen LogP contribution in [-0.2, 0) is 10.8 Å². The fourth-order valence-corrected chi connectivity index (χ4v) is 9.55. The highest BCUT2D eigenvalue weighted by Gasteiger charge is 2.20. The van der Waals surface area contributed by atoms with Gasteiger partial charge in [-0.1, -0.05) is 163 Å². The van der Waals surface area contributed by atoms with Crippen LogP contribution in [-0.4, -0.2) is 0 Å². The maximum Gasteiger partial charge on any atom is -0.00199 e. The Morgan fingerprint density at radius 3 is 0.870 bits per heavy atom. The van der Waals surface area contributed by atoms with Gasteiger partial charge < -0.3 is 0 Å². The van der Waals surface area contributed by atoms with Gasteiger partial charge in [0.2, 0.25) is 0 Å². The molecule has 0 nitrogen and oxygen atoms in total. The van der Waals surface area contributed by atoms with Crippen LogP contribution in [0.2, 0.25) is 0 Å². The minimum Gasteiger partial charge on any atom is -0.0610 e. The smallest absolute Gasteiger partial charge is 0.00199 e. The van der Waals surface area contributed by atoms with Crippen LogP contribution in [0.25, 0.3) is 108 Å². The van der Waals surface area contributed by atoms with Crippen LogP contribution in [0.5, 0.6) is 0 Å². The fourth-order valence-electron chi connectivity index (χ4n) is 9.55. The van der Waals surface area contributed by atoms with Gasteiger partial charge in [0, 0.05) is 0 Å². The number of rotatable bonds is 2. The Bertz CT molecular complexity index is 3060. The van der Waals surface area contributed by atoms with Gasteiger partial charge in [-0.2, -0.15) is 0 Å². The van der Waals surface area contributed by atoms with Gasteiger partial charge in [0.25, 0.3) is 0 Å². The third-order valence-corrected chi connectivity index (χ3v) is 12.5. The summed E-state index contributed by atoms with van der Waals surface area (Å²) in [4.78, 5) is 0. The number of benzene rings is 9. The van der Waals surface area contributed by atoms with E-state index in [4.69, 9.17) is 0 Å². The molecule has 0 heterocycles. The summed E-state index contributed by atoms with van der Waals surface area (Å²) >= 11 is 0. The molecule has 0 N–H and O–H groups in total. The quantitative estimate of drug-likeness (QED) is 0.158. The van der Waals surface area contributed by atoms with Gasteiger partial charge in [-0.15, -0.1) is 0 Å². The van der Waals surface area contributed by atoms with E-state index in [1.165, 1.54) is 120 Å². The summed E-state index contributed by atoms with van der Waals surface area (Å²) in [5, 5.41) is 21.4. The molecule has 0 aromatic heterocycles. The summed E-state index contributed by atoms with van der Waals surface area (Å²) in [7, 11) is 0. The molecular formula is C54H42. The van der Waals surface area contributed by atoms with Gasteiger partial charge in [0.1, 0.15) is 0 Å². The van der Waals surface area contributed by atoms with Crippen molar-refractivity contribution in [1.82, 2.24) is 0 Å². The summed E-state index contributed by atoms with van der Waals surface area (Å²) in [6.45, 7) is 13.7. The maximum absolute atomic E-state index is 2.51. The highest BCUT2D eigenvalue weighted by molar-refractivity contribution is 6.40. The summed E-state index contributed by atoms with van der Waals surface area (Å²) < 4.78 is 0. The molecule has 0 spiro atoms.